The van der Waals surface area contributed by atoms with Crippen LogP contribution in [-0.4, -0.2) is 45.9 Å². The normalized spacial score (nSPS) is 16.5. The van der Waals surface area contributed by atoms with E-state index < -0.39 is 10.0 Å². The van der Waals surface area contributed by atoms with Crippen molar-refractivity contribution in [2.24, 2.45) is 5.92 Å². The third-order valence-electron chi connectivity index (χ3n) is 5.55. The number of sulfonamides is 1. The summed E-state index contributed by atoms with van der Waals surface area (Å²) in [6.07, 6.45) is 0.850. The maximum Gasteiger partial charge on any atom is 0.243 e. The van der Waals surface area contributed by atoms with Crippen LogP contribution in [0.4, 0.5) is 4.39 Å². The van der Waals surface area contributed by atoms with Crippen LogP contribution < -0.4 is 14.8 Å². The minimum absolute atomic E-state index is 0.123. The summed E-state index contributed by atoms with van der Waals surface area (Å²) in [5.74, 6) is 0.0600. The van der Waals surface area contributed by atoms with Gasteiger partial charge >= 0.3 is 0 Å². The molecular weight excluding hydrogens is 423 g/mol. The van der Waals surface area contributed by atoms with Crippen LogP contribution in [0.2, 0.25) is 0 Å². The number of halogens is 1. The Morgan fingerprint density at radius 3 is 2.26 bits per heavy atom. The zero-order valence-corrected chi connectivity index (χ0v) is 18.6. The second-order valence-corrected chi connectivity index (χ2v) is 9.41. The summed E-state index contributed by atoms with van der Waals surface area (Å²) >= 11 is 0. The Labute approximate surface area is 182 Å². The van der Waals surface area contributed by atoms with Crippen molar-refractivity contribution in [3.63, 3.8) is 0 Å². The number of amides is 1. The van der Waals surface area contributed by atoms with Gasteiger partial charge in [-0.2, -0.15) is 4.31 Å². The summed E-state index contributed by atoms with van der Waals surface area (Å²) in [5.41, 5.74) is 0.809. The number of nitrogens with one attached hydrogen (secondary N) is 1. The van der Waals surface area contributed by atoms with Gasteiger partial charge in [0.05, 0.1) is 25.2 Å². The van der Waals surface area contributed by atoms with Gasteiger partial charge in [-0.3, -0.25) is 4.79 Å². The Kier molecular flexibility index (Phi) is 7.17. The van der Waals surface area contributed by atoms with E-state index in [1.54, 1.807) is 18.2 Å². The van der Waals surface area contributed by atoms with Crippen molar-refractivity contribution in [3.8, 4) is 11.5 Å². The first-order valence-electron chi connectivity index (χ1n) is 10.0. The van der Waals surface area contributed by atoms with E-state index in [0.717, 1.165) is 5.56 Å². The maximum absolute atomic E-state index is 13.1. The summed E-state index contributed by atoms with van der Waals surface area (Å²) in [7, 11) is -0.774. The molecule has 0 radical (unpaired) electrons. The second-order valence-electron chi connectivity index (χ2n) is 7.48. The van der Waals surface area contributed by atoms with Gasteiger partial charge in [-0.05, 0) is 49.6 Å². The lowest BCUT2D eigenvalue weighted by Gasteiger charge is -2.31. The van der Waals surface area contributed by atoms with Crippen molar-refractivity contribution in [1.29, 1.82) is 0 Å². The van der Waals surface area contributed by atoms with E-state index in [4.69, 9.17) is 9.47 Å². The molecule has 2 aromatic carbocycles. The molecule has 168 valence electrons. The van der Waals surface area contributed by atoms with Crippen LogP contribution in [0.1, 0.15) is 31.4 Å². The predicted octanol–water partition coefficient (Wildman–Crippen LogP) is 3.12. The molecule has 0 unspecified atom stereocenters. The van der Waals surface area contributed by atoms with E-state index in [2.05, 4.69) is 5.32 Å². The number of carbonyl (C=O) groups is 1. The summed E-state index contributed by atoms with van der Waals surface area (Å²) in [5, 5.41) is 2.94. The molecule has 1 aliphatic heterocycles. The van der Waals surface area contributed by atoms with Gasteiger partial charge < -0.3 is 14.8 Å². The topological polar surface area (TPSA) is 84.9 Å². The van der Waals surface area contributed by atoms with Gasteiger partial charge in [-0.15, -0.1) is 0 Å². The monoisotopic (exact) mass is 450 g/mol. The fraction of sp³-hybridized carbons (Fsp3) is 0.409. The predicted molar refractivity (Wildman–Crippen MR) is 114 cm³/mol. The van der Waals surface area contributed by atoms with Crippen LogP contribution >= 0.6 is 0 Å². The molecule has 1 saturated heterocycles. The fourth-order valence-corrected chi connectivity index (χ4v) is 5.14. The molecule has 1 atom stereocenters. The smallest absolute Gasteiger partial charge is 0.243 e. The molecule has 1 amide bonds. The van der Waals surface area contributed by atoms with Gasteiger partial charge in [0, 0.05) is 25.1 Å². The first-order chi connectivity index (χ1) is 14.8. The lowest BCUT2D eigenvalue weighted by molar-refractivity contribution is -0.126. The molecule has 9 heteroatoms. The van der Waals surface area contributed by atoms with Crippen molar-refractivity contribution in [2.45, 2.75) is 30.7 Å². The number of nitrogens with zero attached hydrogens (tertiary/aromatic N) is 1. The van der Waals surface area contributed by atoms with E-state index in [1.807, 2.05) is 6.92 Å². The fourth-order valence-electron chi connectivity index (χ4n) is 3.65. The van der Waals surface area contributed by atoms with Crippen LogP contribution in [0.3, 0.4) is 0 Å². The Balaban J connectivity index is 1.61. The summed E-state index contributed by atoms with van der Waals surface area (Å²) < 4.78 is 50.9. The third kappa shape index (κ3) is 5.16. The standard InChI is InChI=1S/C22H27FN2O5S/c1-15(16-4-6-18(23)7-5-16)24-22(26)17-10-12-25(13-11-17)31(27,28)19-8-9-20(29-2)21(14-19)30-3/h4-9,14-15,17H,10-13H2,1-3H3,(H,24,26)/t15-/m1/s1. The van der Waals surface area contributed by atoms with E-state index in [9.17, 15) is 17.6 Å². The van der Waals surface area contributed by atoms with E-state index in [-0.39, 0.29) is 41.7 Å². The van der Waals surface area contributed by atoms with Crippen molar-refractivity contribution >= 4 is 15.9 Å². The Morgan fingerprint density at radius 2 is 1.68 bits per heavy atom. The number of benzene rings is 2. The molecule has 3 rings (SSSR count). The number of piperidine rings is 1. The van der Waals surface area contributed by atoms with Gasteiger partial charge in [0.2, 0.25) is 15.9 Å². The molecule has 31 heavy (non-hydrogen) atoms. The molecule has 0 aromatic heterocycles. The van der Waals surface area contributed by atoms with Gasteiger partial charge in [0.25, 0.3) is 0 Å². The third-order valence-corrected chi connectivity index (χ3v) is 7.44. The highest BCUT2D eigenvalue weighted by Crippen LogP contribution is 2.32. The quantitative estimate of drug-likeness (QED) is 0.701. The Hall–Kier alpha value is -2.65. The highest BCUT2D eigenvalue weighted by Gasteiger charge is 2.33. The van der Waals surface area contributed by atoms with E-state index in [0.29, 0.717) is 24.3 Å². The van der Waals surface area contributed by atoms with Crippen molar-refractivity contribution in [3.05, 3.63) is 53.8 Å². The number of hydrogen-bond donors (Lipinski definition) is 1. The van der Waals surface area contributed by atoms with Gasteiger partial charge in [0.1, 0.15) is 5.82 Å². The van der Waals surface area contributed by atoms with Crippen molar-refractivity contribution in [1.82, 2.24) is 9.62 Å². The molecular formula is C22H27FN2O5S. The van der Waals surface area contributed by atoms with Gasteiger partial charge in [-0.1, -0.05) is 12.1 Å². The maximum atomic E-state index is 13.1. The summed E-state index contributed by atoms with van der Waals surface area (Å²) in [6, 6.07) is 10.2. The van der Waals surface area contributed by atoms with Crippen LogP contribution in [0.25, 0.3) is 0 Å². The minimum Gasteiger partial charge on any atom is -0.493 e. The highest BCUT2D eigenvalue weighted by molar-refractivity contribution is 7.89. The lowest BCUT2D eigenvalue weighted by atomic mass is 9.96. The van der Waals surface area contributed by atoms with Crippen LogP contribution in [0, 0.1) is 11.7 Å². The van der Waals surface area contributed by atoms with Crippen LogP contribution in [-0.2, 0) is 14.8 Å². The molecule has 2 aromatic rings. The summed E-state index contributed by atoms with van der Waals surface area (Å²) in [6.45, 7) is 2.33. The molecule has 0 aliphatic carbocycles. The summed E-state index contributed by atoms with van der Waals surface area (Å²) in [4.78, 5) is 12.8. The number of hydrogen-bond acceptors (Lipinski definition) is 5. The average molecular weight is 451 g/mol. The van der Waals surface area contributed by atoms with Gasteiger partial charge in [-0.25, -0.2) is 12.8 Å². The average Bonchev–Trinajstić information content (AvgIpc) is 2.78. The van der Waals surface area contributed by atoms with Crippen LogP contribution in [0.15, 0.2) is 47.4 Å². The SMILES string of the molecule is COc1ccc(S(=O)(=O)N2CCC(C(=O)N[C@H](C)c3ccc(F)cc3)CC2)cc1OC. The molecule has 1 heterocycles. The van der Waals surface area contributed by atoms with Crippen molar-refractivity contribution in [2.75, 3.05) is 27.3 Å². The molecule has 1 N–H and O–H groups in total. The first-order valence-corrected chi connectivity index (χ1v) is 11.5. The molecule has 1 fully saturated rings. The van der Waals surface area contributed by atoms with E-state index >= 15 is 0 Å². The van der Waals surface area contributed by atoms with E-state index in [1.165, 1.54) is 42.8 Å². The molecule has 7 nitrogen and oxygen atoms in total. The van der Waals surface area contributed by atoms with Crippen molar-refractivity contribution < 1.29 is 27.1 Å². The number of rotatable bonds is 7. The zero-order valence-electron chi connectivity index (χ0n) is 17.8. The highest BCUT2D eigenvalue weighted by atomic mass is 32.2. The van der Waals surface area contributed by atoms with Crippen LogP contribution in [0.5, 0.6) is 11.5 Å². The first kappa shape index (κ1) is 23.0. The lowest BCUT2D eigenvalue weighted by Crippen LogP contribution is -2.43. The molecule has 0 saturated carbocycles. The minimum atomic E-state index is -3.71. The number of methoxy groups -OCH3 is 2. The second kappa shape index (κ2) is 9.65. The Morgan fingerprint density at radius 1 is 1.06 bits per heavy atom. The van der Waals surface area contributed by atoms with Gasteiger partial charge in [0.15, 0.2) is 11.5 Å². The molecule has 1 aliphatic rings. The number of ether oxygens (including phenoxy) is 2. The largest absolute Gasteiger partial charge is 0.493 e. The zero-order chi connectivity index (χ0) is 22.6. The Bertz CT molecular complexity index is 1020. The number of carbonyl (C=O) groups excluding carboxylic acids is 1. The molecule has 0 spiro atoms. The molecule has 0 bridgehead atoms.